The average Bonchev–Trinajstić information content (AvgIpc) is 2.67. The Morgan fingerprint density at radius 2 is 1.79 bits per heavy atom. The summed E-state index contributed by atoms with van der Waals surface area (Å²) < 4.78 is 48.4. The van der Waals surface area contributed by atoms with Gasteiger partial charge < -0.3 is 20.1 Å². The maximum absolute atomic E-state index is 12.7. The molecule has 0 aliphatic carbocycles. The van der Waals surface area contributed by atoms with Crippen LogP contribution >= 0.6 is 0 Å². The molecule has 0 saturated heterocycles. The highest BCUT2D eigenvalue weighted by molar-refractivity contribution is 5.91. The van der Waals surface area contributed by atoms with Crippen molar-refractivity contribution in [2.24, 2.45) is 0 Å². The van der Waals surface area contributed by atoms with E-state index in [1.54, 1.807) is 18.2 Å². The summed E-state index contributed by atoms with van der Waals surface area (Å²) in [7, 11) is 2.92. The Hall–Kier alpha value is -3.50. The molecule has 0 atom stereocenters. The van der Waals surface area contributed by atoms with Crippen LogP contribution in [0.4, 0.5) is 30.2 Å². The van der Waals surface area contributed by atoms with Crippen molar-refractivity contribution in [3.8, 4) is 11.5 Å². The van der Waals surface area contributed by atoms with Crippen LogP contribution in [-0.4, -0.2) is 31.6 Å². The fourth-order valence-electron chi connectivity index (χ4n) is 2.46. The Morgan fingerprint density at radius 3 is 2.38 bits per heavy atom. The van der Waals surface area contributed by atoms with Crippen molar-refractivity contribution in [3.05, 3.63) is 52.1 Å². The number of nitro groups is 1. The molecule has 0 saturated carbocycles. The van der Waals surface area contributed by atoms with Crippen LogP contribution in [-0.2, 0) is 11.0 Å². The number of alkyl halides is 3. The minimum absolute atomic E-state index is 0.0225. The van der Waals surface area contributed by atoms with Gasteiger partial charge in [-0.2, -0.15) is 13.2 Å². The predicted molar refractivity (Wildman–Crippen MR) is 99.4 cm³/mol. The van der Waals surface area contributed by atoms with Crippen molar-refractivity contribution in [1.29, 1.82) is 0 Å². The molecule has 0 spiro atoms. The Bertz CT molecular complexity index is 903. The maximum atomic E-state index is 12.7. The summed E-state index contributed by atoms with van der Waals surface area (Å²) in [5, 5.41) is 16.3. The van der Waals surface area contributed by atoms with E-state index < -0.39 is 28.3 Å². The first-order chi connectivity index (χ1) is 13.7. The Morgan fingerprint density at radius 1 is 1.10 bits per heavy atom. The van der Waals surface area contributed by atoms with Crippen molar-refractivity contribution < 1.29 is 32.4 Å². The first-order valence-corrected chi connectivity index (χ1v) is 8.27. The van der Waals surface area contributed by atoms with Gasteiger partial charge in [0, 0.05) is 30.8 Å². The monoisotopic (exact) mass is 413 g/mol. The lowest BCUT2D eigenvalue weighted by atomic mass is 10.1. The minimum atomic E-state index is -4.69. The van der Waals surface area contributed by atoms with Gasteiger partial charge in [0.25, 0.3) is 5.69 Å². The van der Waals surface area contributed by atoms with Crippen LogP contribution in [0, 0.1) is 10.1 Å². The van der Waals surface area contributed by atoms with Crippen molar-refractivity contribution >= 4 is 23.0 Å². The zero-order valence-electron chi connectivity index (χ0n) is 15.5. The highest BCUT2D eigenvalue weighted by Gasteiger charge is 2.33. The molecule has 2 N–H and O–H groups in total. The third-order valence-corrected chi connectivity index (χ3v) is 3.86. The molecule has 0 radical (unpaired) electrons. The van der Waals surface area contributed by atoms with E-state index >= 15 is 0 Å². The zero-order valence-corrected chi connectivity index (χ0v) is 15.5. The van der Waals surface area contributed by atoms with Crippen molar-refractivity contribution in [1.82, 2.24) is 0 Å². The summed E-state index contributed by atoms with van der Waals surface area (Å²) in [5.41, 5.74) is -1.50. The third-order valence-electron chi connectivity index (χ3n) is 3.86. The Balaban J connectivity index is 1.99. The van der Waals surface area contributed by atoms with E-state index in [0.717, 1.165) is 12.1 Å². The molecular weight excluding hydrogens is 395 g/mol. The molecule has 156 valence electrons. The van der Waals surface area contributed by atoms with Gasteiger partial charge in [-0.05, 0) is 24.3 Å². The molecule has 2 aromatic carbocycles. The topological polar surface area (TPSA) is 103 Å². The molecule has 0 fully saturated rings. The van der Waals surface area contributed by atoms with Gasteiger partial charge in [-0.25, -0.2) is 0 Å². The van der Waals surface area contributed by atoms with Crippen LogP contribution in [0.25, 0.3) is 0 Å². The molecule has 29 heavy (non-hydrogen) atoms. The number of rotatable bonds is 8. The average molecular weight is 413 g/mol. The number of nitro benzene ring substituents is 1. The number of carbonyl (C=O) groups excluding carboxylic acids is 1. The molecule has 0 bridgehead atoms. The second-order valence-corrected chi connectivity index (χ2v) is 5.78. The van der Waals surface area contributed by atoms with E-state index in [4.69, 9.17) is 9.47 Å². The molecule has 0 unspecified atom stereocenters. The largest absolute Gasteiger partial charge is 0.493 e. The van der Waals surface area contributed by atoms with Crippen molar-refractivity contribution in [3.63, 3.8) is 0 Å². The van der Waals surface area contributed by atoms with E-state index in [1.807, 2.05) is 0 Å². The van der Waals surface area contributed by atoms with Crippen LogP contribution in [0.2, 0.25) is 0 Å². The summed E-state index contributed by atoms with van der Waals surface area (Å²) >= 11 is 0. The smallest absolute Gasteiger partial charge is 0.416 e. The number of anilines is 2. The number of hydrogen-bond acceptors (Lipinski definition) is 6. The standard InChI is InChI=1S/C18H18F3N3O5/c1-28-15-6-4-12(10-16(15)29-2)23-17(25)7-8-22-13-5-3-11(18(19,20)21)9-14(13)24(26)27/h3-6,9-10,22H,7-8H2,1-2H3,(H,23,25). The molecule has 0 aliphatic rings. The number of nitrogens with zero attached hydrogens (tertiary/aromatic N) is 1. The van der Waals surface area contributed by atoms with Crippen LogP contribution in [0.3, 0.4) is 0 Å². The van der Waals surface area contributed by atoms with Gasteiger partial charge in [0.05, 0.1) is 24.7 Å². The van der Waals surface area contributed by atoms with E-state index in [2.05, 4.69) is 10.6 Å². The molecule has 0 aromatic heterocycles. The molecule has 0 aliphatic heterocycles. The van der Waals surface area contributed by atoms with Gasteiger partial charge in [0.1, 0.15) is 5.69 Å². The highest BCUT2D eigenvalue weighted by Crippen LogP contribution is 2.35. The number of methoxy groups -OCH3 is 2. The summed E-state index contributed by atoms with van der Waals surface area (Å²) in [6.07, 6.45) is -4.77. The van der Waals surface area contributed by atoms with Crippen molar-refractivity contribution in [2.45, 2.75) is 12.6 Å². The number of benzene rings is 2. The van der Waals surface area contributed by atoms with Crippen molar-refractivity contribution in [2.75, 3.05) is 31.4 Å². The summed E-state index contributed by atoms with van der Waals surface area (Å²) in [6.45, 7) is -0.0225. The van der Waals surface area contributed by atoms with E-state index in [0.29, 0.717) is 23.3 Å². The fourth-order valence-corrected chi connectivity index (χ4v) is 2.46. The van der Waals surface area contributed by atoms with Crippen LogP contribution in [0.1, 0.15) is 12.0 Å². The lowest BCUT2D eigenvalue weighted by molar-refractivity contribution is -0.384. The summed E-state index contributed by atoms with van der Waals surface area (Å²) in [6, 6.07) is 6.93. The molecule has 2 aromatic rings. The van der Waals surface area contributed by atoms with Gasteiger partial charge in [0.2, 0.25) is 5.91 Å². The van der Waals surface area contributed by atoms with E-state index in [1.165, 1.54) is 14.2 Å². The fraction of sp³-hybridized carbons (Fsp3) is 0.278. The van der Waals surface area contributed by atoms with Gasteiger partial charge in [-0.3, -0.25) is 14.9 Å². The second kappa shape index (κ2) is 9.13. The Kier molecular flexibility index (Phi) is 6.86. The van der Waals surface area contributed by atoms with Gasteiger partial charge >= 0.3 is 6.18 Å². The number of amides is 1. The normalized spacial score (nSPS) is 10.9. The van der Waals surface area contributed by atoms with Gasteiger partial charge in [-0.15, -0.1) is 0 Å². The molecule has 0 heterocycles. The summed E-state index contributed by atoms with van der Waals surface area (Å²) in [5.74, 6) is 0.505. The zero-order chi connectivity index (χ0) is 21.6. The van der Waals surface area contributed by atoms with E-state index in [-0.39, 0.29) is 18.7 Å². The number of hydrogen-bond donors (Lipinski definition) is 2. The number of halogens is 3. The van der Waals surface area contributed by atoms with Gasteiger partial charge in [-0.1, -0.05) is 0 Å². The summed E-state index contributed by atoms with van der Waals surface area (Å²) in [4.78, 5) is 22.2. The predicted octanol–water partition coefficient (Wildman–Crippen LogP) is 4.07. The first kappa shape index (κ1) is 21.8. The number of nitrogens with one attached hydrogen (secondary N) is 2. The molecule has 8 nitrogen and oxygen atoms in total. The van der Waals surface area contributed by atoms with E-state index in [9.17, 15) is 28.1 Å². The highest BCUT2D eigenvalue weighted by atomic mass is 19.4. The minimum Gasteiger partial charge on any atom is -0.493 e. The third kappa shape index (κ3) is 5.74. The Labute approximate surface area is 163 Å². The van der Waals surface area contributed by atoms with Crippen LogP contribution in [0.15, 0.2) is 36.4 Å². The molecule has 2 rings (SSSR count). The van der Waals surface area contributed by atoms with Crippen LogP contribution < -0.4 is 20.1 Å². The quantitative estimate of drug-likeness (QED) is 0.500. The lowest BCUT2D eigenvalue weighted by Gasteiger charge is -2.12. The SMILES string of the molecule is COc1ccc(NC(=O)CCNc2ccc(C(F)(F)F)cc2[N+](=O)[O-])cc1OC. The maximum Gasteiger partial charge on any atom is 0.416 e. The molecular formula is C18H18F3N3O5. The molecule has 1 amide bonds. The lowest BCUT2D eigenvalue weighted by Crippen LogP contribution is -2.17. The molecule has 11 heteroatoms. The number of ether oxygens (including phenoxy) is 2. The first-order valence-electron chi connectivity index (χ1n) is 8.27. The second-order valence-electron chi connectivity index (χ2n) is 5.78. The number of carbonyl (C=O) groups is 1. The van der Waals surface area contributed by atoms with Crippen LogP contribution in [0.5, 0.6) is 11.5 Å². The van der Waals surface area contributed by atoms with Gasteiger partial charge in [0.15, 0.2) is 11.5 Å².